The topological polar surface area (TPSA) is 89.1 Å². The largest absolute Gasteiger partial charge is 0.431 e. The number of nitrogens with two attached hydrogens (primary N) is 1. The maximum atomic E-state index is 13.1. The summed E-state index contributed by atoms with van der Waals surface area (Å²) in [6.45, 7) is 0. The Hall–Kier alpha value is -2.84. The van der Waals surface area contributed by atoms with Crippen LogP contribution < -0.4 is 5.73 Å². The van der Waals surface area contributed by atoms with Crippen molar-refractivity contribution < 1.29 is 18.0 Å². The van der Waals surface area contributed by atoms with Gasteiger partial charge in [-0.15, -0.1) is 10.2 Å². The van der Waals surface area contributed by atoms with Crippen molar-refractivity contribution >= 4 is 11.6 Å². The Labute approximate surface area is 115 Å². The molecule has 108 valence electrons. The third kappa shape index (κ3) is 2.02. The molecule has 0 aromatic carbocycles. The number of nitrogens with zero attached hydrogens (tertiary/aromatic N) is 3. The summed E-state index contributed by atoms with van der Waals surface area (Å²) in [6, 6.07) is 4.94. The van der Waals surface area contributed by atoms with Crippen molar-refractivity contribution in [2.45, 2.75) is 6.18 Å². The van der Waals surface area contributed by atoms with Crippen molar-refractivity contribution in [3.63, 3.8) is 0 Å². The molecule has 3 N–H and O–H groups in total. The molecule has 0 radical (unpaired) electrons. The predicted octanol–water partition coefficient (Wildman–Crippen LogP) is 1.84. The third-order valence-corrected chi connectivity index (χ3v) is 2.95. The van der Waals surface area contributed by atoms with Gasteiger partial charge >= 0.3 is 6.18 Å². The van der Waals surface area contributed by atoms with Gasteiger partial charge in [-0.3, -0.25) is 9.20 Å². The number of rotatable bonds is 2. The highest BCUT2D eigenvalue weighted by Crippen LogP contribution is 2.32. The van der Waals surface area contributed by atoms with E-state index < -0.39 is 17.8 Å². The lowest BCUT2D eigenvalue weighted by atomic mass is 10.2. The average Bonchev–Trinajstić information content (AvgIpc) is 3.04. The number of carbonyl (C=O) groups excluding carboxylic acids is 1. The molecule has 0 atom stereocenters. The first-order valence-electron chi connectivity index (χ1n) is 5.78. The highest BCUT2D eigenvalue weighted by molar-refractivity contribution is 5.98. The Kier molecular flexibility index (Phi) is 2.71. The Morgan fingerprint density at radius 3 is 2.57 bits per heavy atom. The lowest BCUT2D eigenvalue weighted by molar-refractivity contribution is -0.141. The fourth-order valence-electron chi connectivity index (χ4n) is 2.06. The van der Waals surface area contributed by atoms with Crippen molar-refractivity contribution in [1.82, 2.24) is 19.6 Å². The number of amides is 1. The van der Waals surface area contributed by atoms with Crippen LogP contribution >= 0.6 is 0 Å². The van der Waals surface area contributed by atoms with Gasteiger partial charge in [-0.05, 0) is 24.3 Å². The molecule has 3 rings (SSSR count). The number of halogens is 3. The Morgan fingerprint density at radius 2 is 2.00 bits per heavy atom. The molecule has 3 aromatic heterocycles. The van der Waals surface area contributed by atoms with Gasteiger partial charge in [0.25, 0.3) is 5.91 Å². The molecule has 21 heavy (non-hydrogen) atoms. The molecule has 1 amide bonds. The second-order valence-corrected chi connectivity index (χ2v) is 4.26. The predicted molar refractivity (Wildman–Crippen MR) is 66.3 cm³/mol. The van der Waals surface area contributed by atoms with Crippen LogP contribution in [-0.2, 0) is 6.18 Å². The van der Waals surface area contributed by atoms with Crippen LogP contribution in [0.5, 0.6) is 0 Å². The molecule has 3 heterocycles. The normalized spacial score (nSPS) is 12.0. The number of pyridine rings is 1. The maximum absolute atomic E-state index is 13.1. The second kappa shape index (κ2) is 4.33. The van der Waals surface area contributed by atoms with Gasteiger partial charge in [-0.1, -0.05) is 0 Å². The lowest BCUT2D eigenvalue weighted by Gasteiger charge is -2.11. The summed E-state index contributed by atoms with van der Waals surface area (Å²) in [7, 11) is 0. The van der Waals surface area contributed by atoms with E-state index in [9.17, 15) is 18.0 Å². The summed E-state index contributed by atoms with van der Waals surface area (Å²) < 4.78 is 40.2. The van der Waals surface area contributed by atoms with Gasteiger partial charge in [0.15, 0.2) is 11.5 Å². The molecule has 9 heteroatoms. The van der Waals surface area contributed by atoms with Crippen molar-refractivity contribution in [3.05, 3.63) is 41.7 Å². The van der Waals surface area contributed by atoms with Gasteiger partial charge in [0, 0.05) is 6.20 Å². The van der Waals surface area contributed by atoms with Crippen LogP contribution in [0.2, 0.25) is 0 Å². The van der Waals surface area contributed by atoms with E-state index in [4.69, 9.17) is 5.73 Å². The highest BCUT2D eigenvalue weighted by atomic mass is 19.4. The minimum absolute atomic E-state index is 0.0505. The molecule has 6 nitrogen and oxygen atoms in total. The first-order chi connectivity index (χ1) is 9.89. The number of nitrogens with one attached hydrogen (secondary N) is 1. The molecule has 0 unspecified atom stereocenters. The van der Waals surface area contributed by atoms with Crippen molar-refractivity contribution in [3.8, 4) is 11.5 Å². The van der Waals surface area contributed by atoms with Crippen LogP contribution in [0.3, 0.4) is 0 Å². The monoisotopic (exact) mass is 295 g/mol. The lowest BCUT2D eigenvalue weighted by Crippen LogP contribution is -2.17. The number of H-pyrrole nitrogens is 1. The zero-order valence-corrected chi connectivity index (χ0v) is 10.3. The zero-order valence-electron chi connectivity index (χ0n) is 10.3. The van der Waals surface area contributed by atoms with Crippen molar-refractivity contribution in [1.29, 1.82) is 0 Å². The van der Waals surface area contributed by atoms with Crippen LogP contribution in [0.15, 0.2) is 30.5 Å². The Bertz CT molecular complexity index is 819. The molecule has 0 aliphatic carbocycles. The standard InChI is InChI=1S/C12H8F3N5O/c13-12(14,15)8-4-3-6(9(16)21)10-18-19-11(20(8)10)7-2-1-5-17-7/h1-5,17H,(H2,16,21). The number of hydrogen-bond donors (Lipinski definition) is 2. The molecule has 0 fully saturated rings. The first kappa shape index (κ1) is 13.2. The average molecular weight is 295 g/mol. The van der Waals surface area contributed by atoms with Crippen molar-refractivity contribution in [2.24, 2.45) is 5.73 Å². The van der Waals surface area contributed by atoms with E-state index in [2.05, 4.69) is 15.2 Å². The van der Waals surface area contributed by atoms with Gasteiger partial charge in [0.05, 0.1) is 11.3 Å². The molecule has 0 spiro atoms. The minimum Gasteiger partial charge on any atom is -0.365 e. The molecule has 3 aromatic rings. The summed E-state index contributed by atoms with van der Waals surface area (Å²) in [5, 5.41) is 7.39. The van der Waals surface area contributed by atoms with Gasteiger partial charge < -0.3 is 10.7 Å². The SMILES string of the molecule is NC(=O)c1ccc(C(F)(F)F)n2c(-c3ccc[nH]3)nnc12. The van der Waals surface area contributed by atoms with Crippen LogP contribution in [0.1, 0.15) is 16.1 Å². The quantitative estimate of drug-likeness (QED) is 0.756. The summed E-state index contributed by atoms with van der Waals surface area (Å²) in [4.78, 5) is 14.1. The summed E-state index contributed by atoms with van der Waals surface area (Å²) >= 11 is 0. The summed E-state index contributed by atoms with van der Waals surface area (Å²) in [6.07, 6.45) is -3.08. The van der Waals surface area contributed by atoms with E-state index in [0.717, 1.165) is 16.5 Å². The van der Waals surface area contributed by atoms with Crippen molar-refractivity contribution in [2.75, 3.05) is 0 Å². The number of aromatic amines is 1. The van der Waals surface area contributed by atoms with Crippen LogP contribution in [0, 0.1) is 0 Å². The van der Waals surface area contributed by atoms with E-state index in [1.165, 1.54) is 0 Å². The number of fused-ring (bicyclic) bond motifs is 1. The number of hydrogen-bond acceptors (Lipinski definition) is 3. The van der Waals surface area contributed by atoms with E-state index in [0.29, 0.717) is 5.69 Å². The van der Waals surface area contributed by atoms with Gasteiger partial charge in [-0.25, -0.2) is 0 Å². The second-order valence-electron chi connectivity index (χ2n) is 4.26. The molecular weight excluding hydrogens is 287 g/mol. The number of alkyl halides is 3. The van der Waals surface area contributed by atoms with Gasteiger partial charge in [0.1, 0.15) is 5.69 Å². The molecule has 0 saturated heterocycles. The fraction of sp³-hybridized carbons (Fsp3) is 0.0833. The molecule has 0 saturated carbocycles. The summed E-state index contributed by atoms with van der Waals surface area (Å²) in [5.74, 6) is -0.926. The smallest absolute Gasteiger partial charge is 0.365 e. The fourth-order valence-corrected chi connectivity index (χ4v) is 2.06. The van der Waals surface area contributed by atoms with Crippen LogP contribution in [0.4, 0.5) is 13.2 Å². The maximum Gasteiger partial charge on any atom is 0.431 e. The molecule has 0 bridgehead atoms. The molecule has 0 aliphatic heterocycles. The van der Waals surface area contributed by atoms with E-state index in [-0.39, 0.29) is 17.0 Å². The molecule has 0 aliphatic rings. The number of primary amides is 1. The van der Waals surface area contributed by atoms with Gasteiger partial charge in [-0.2, -0.15) is 13.2 Å². The van der Waals surface area contributed by atoms with E-state index in [1.807, 2.05) is 0 Å². The molecular formula is C12H8F3N5O. The third-order valence-electron chi connectivity index (χ3n) is 2.95. The minimum atomic E-state index is -4.63. The highest BCUT2D eigenvalue weighted by Gasteiger charge is 2.35. The first-order valence-corrected chi connectivity index (χ1v) is 5.78. The number of carbonyl (C=O) groups is 1. The van der Waals surface area contributed by atoms with Crippen LogP contribution in [0.25, 0.3) is 17.2 Å². The summed E-state index contributed by atoms with van der Waals surface area (Å²) in [5.41, 5.74) is 4.15. The Balaban J connectivity index is 2.41. The Morgan fingerprint density at radius 1 is 1.24 bits per heavy atom. The van der Waals surface area contributed by atoms with Crippen LogP contribution in [-0.4, -0.2) is 25.5 Å². The van der Waals surface area contributed by atoms with E-state index >= 15 is 0 Å². The van der Waals surface area contributed by atoms with E-state index in [1.54, 1.807) is 18.3 Å². The van der Waals surface area contributed by atoms with Gasteiger partial charge in [0.2, 0.25) is 0 Å². The number of aromatic nitrogens is 4. The zero-order chi connectivity index (χ0) is 15.2.